The molecule has 0 bridgehead atoms. The summed E-state index contributed by atoms with van der Waals surface area (Å²) in [4.78, 5) is 15.0. The molecule has 0 aliphatic rings. The molecule has 1 radical (unpaired) electrons. The van der Waals surface area contributed by atoms with Crippen LogP contribution in [0.2, 0.25) is 17.3 Å². The number of aliphatic hydroxyl groups excluding tert-OH is 1. The number of aryl methyl sites for hydroxylation is 1. The summed E-state index contributed by atoms with van der Waals surface area (Å²) >= 11 is -0.0981. The van der Waals surface area contributed by atoms with Crippen LogP contribution in [0.3, 0.4) is 0 Å². The number of fused-ring (bicyclic) bond motifs is 4. The smallest absolute Gasteiger partial charge is 0 e. The van der Waals surface area contributed by atoms with Gasteiger partial charge in [0.25, 0.3) is 0 Å². The van der Waals surface area contributed by atoms with Crippen LogP contribution in [0.5, 0.6) is 0 Å². The van der Waals surface area contributed by atoms with E-state index in [1.807, 2.05) is 17.5 Å². The molecule has 0 fully saturated rings. The van der Waals surface area contributed by atoms with Gasteiger partial charge in [-0.25, -0.2) is 0 Å². The molecule has 0 aliphatic carbocycles. The van der Waals surface area contributed by atoms with E-state index in [9.17, 15) is 4.79 Å². The number of carbonyl (C=O) groups excluding carboxylic acids is 1. The van der Waals surface area contributed by atoms with Crippen molar-refractivity contribution in [1.29, 1.82) is 0 Å². The van der Waals surface area contributed by atoms with Crippen molar-refractivity contribution >= 4 is 65.7 Å². The van der Waals surface area contributed by atoms with Crippen molar-refractivity contribution in [2.45, 2.75) is 64.2 Å². The molecule has 0 saturated heterocycles. The molecule has 0 unspecified atom stereocenters. The zero-order valence-corrected chi connectivity index (χ0v) is 30.1. The van der Waals surface area contributed by atoms with E-state index in [0.29, 0.717) is 0 Å². The van der Waals surface area contributed by atoms with Gasteiger partial charge in [0.2, 0.25) is 0 Å². The molecule has 6 heteroatoms. The second-order valence-corrected chi connectivity index (χ2v) is 23.9. The largest absolute Gasteiger partial charge is 0 e. The molecule has 0 amide bonds. The van der Waals surface area contributed by atoms with Crippen molar-refractivity contribution in [3.05, 3.63) is 83.8 Å². The van der Waals surface area contributed by atoms with Gasteiger partial charge in [-0.15, -0.1) is 0 Å². The number of aromatic nitrogens is 1. The minimum Gasteiger partial charge on any atom is 0 e. The van der Waals surface area contributed by atoms with Crippen LogP contribution in [0.15, 0.2) is 66.6 Å². The molecule has 3 nitrogen and oxygen atoms in total. The predicted octanol–water partition coefficient (Wildman–Crippen LogP) is 9.26. The maximum absolute atomic E-state index is 10.0. The minimum atomic E-state index is -2.04. The number of allylic oxidation sites excluding steroid dienone is 2. The number of thiophene rings is 1. The molecule has 2 aromatic heterocycles. The number of hydrogen-bond acceptors (Lipinski definition) is 4. The van der Waals surface area contributed by atoms with Gasteiger partial charge in [0.05, 0.1) is 5.76 Å². The van der Waals surface area contributed by atoms with Crippen LogP contribution < -0.4 is 4.40 Å². The number of carbonyl (C=O) groups is 1. The number of nitrogens with zero attached hydrogens (tertiary/aromatic N) is 1. The number of ketones is 1. The molecular weight excluding hydrogens is 751 g/mol. The zero-order valence-electron chi connectivity index (χ0n) is 24.8. The SMILES string of the molecule is CC(=O)/C=C(/C)O.Cc1ccc2c(sc3ccnc(-c4[c-]c5ccccc5c(C(C)(C)C)c4)c32)[c]1[Ge]([CH3])([CH3])[CH3].[Ir]. The second kappa shape index (κ2) is 12.3. The Balaban J connectivity index is 0.000000492. The molecule has 0 spiro atoms. The molecule has 0 saturated carbocycles. The predicted molar refractivity (Wildman–Crippen MR) is 172 cm³/mol. The van der Waals surface area contributed by atoms with E-state index < -0.39 is 13.3 Å². The van der Waals surface area contributed by atoms with Gasteiger partial charge in [-0.3, -0.25) is 4.79 Å². The fourth-order valence-electron chi connectivity index (χ4n) is 5.29. The molecule has 5 rings (SSSR count). The first-order valence-electron chi connectivity index (χ1n) is 13.3. The molecule has 5 aromatic rings. The summed E-state index contributed by atoms with van der Waals surface area (Å²) in [5.41, 5.74) is 4.98. The molecule has 2 heterocycles. The number of pyridine rings is 1. The molecule has 40 heavy (non-hydrogen) atoms. The van der Waals surface area contributed by atoms with E-state index in [0.717, 1.165) is 16.6 Å². The number of hydrogen-bond donors (Lipinski definition) is 1. The van der Waals surface area contributed by atoms with Gasteiger partial charge in [0, 0.05) is 26.2 Å². The average Bonchev–Trinajstić information content (AvgIpc) is 3.19. The van der Waals surface area contributed by atoms with Crippen LogP contribution in [-0.2, 0) is 30.3 Å². The Morgan fingerprint density at radius 2 is 1.70 bits per heavy atom. The van der Waals surface area contributed by atoms with Crippen LogP contribution in [-0.4, -0.2) is 29.1 Å². The number of benzene rings is 3. The van der Waals surface area contributed by atoms with Crippen molar-refractivity contribution in [3.8, 4) is 11.3 Å². The number of rotatable bonds is 3. The summed E-state index contributed by atoms with van der Waals surface area (Å²) in [7, 11) is 0. The Hall–Kier alpha value is -2.31. The summed E-state index contributed by atoms with van der Waals surface area (Å²) in [6.45, 7) is 12.0. The third-order valence-electron chi connectivity index (χ3n) is 6.76. The molecule has 3 aromatic carbocycles. The Morgan fingerprint density at radius 1 is 1.02 bits per heavy atom. The van der Waals surface area contributed by atoms with Crippen LogP contribution in [0.1, 0.15) is 45.7 Å². The summed E-state index contributed by atoms with van der Waals surface area (Å²) in [5.74, 6) is 7.43. The zero-order chi connectivity index (χ0) is 28.7. The van der Waals surface area contributed by atoms with Gasteiger partial charge in [0.1, 0.15) is 0 Å². The molecular formula is C34H38GeIrNO2S-. The first-order chi connectivity index (χ1) is 18.2. The van der Waals surface area contributed by atoms with Crippen molar-refractivity contribution in [2.75, 3.05) is 0 Å². The summed E-state index contributed by atoms with van der Waals surface area (Å²) in [6, 6.07) is 21.5. The maximum Gasteiger partial charge on any atom is 0 e. The van der Waals surface area contributed by atoms with Gasteiger partial charge in [-0.1, -0.05) is 0 Å². The van der Waals surface area contributed by atoms with Gasteiger partial charge in [0.15, 0.2) is 5.78 Å². The third kappa shape index (κ3) is 6.76. The van der Waals surface area contributed by atoms with E-state index >= 15 is 0 Å². The Bertz CT molecular complexity index is 1740. The first kappa shape index (κ1) is 32.2. The Labute approximate surface area is 258 Å². The van der Waals surface area contributed by atoms with Gasteiger partial charge in [-0.2, -0.15) is 0 Å². The maximum atomic E-state index is 10.0. The molecule has 0 aliphatic heterocycles. The van der Waals surface area contributed by atoms with E-state index in [1.165, 1.54) is 56.6 Å². The molecule has 0 atom stereocenters. The summed E-state index contributed by atoms with van der Waals surface area (Å²) < 4.78 is 4.42. The topological polar surface area (TPSA) is 50.2 Å². The molecule has 1 N–H and O–H groups in total. The van der Waals surface area contributed by atoms with Gasteiger partial charge < -0.3 is 5.11 Å². The normalized spacial score (nSPS) is 12.3. The fraction of sp³-hybridized carbons (Fsp3) is 0.294. The first-order valence-corrected chi connectivity index (χ1v) is 21.5. The van der Waals surface area contributed by atoms with Crippen LogP contribution in [0, 0.1) is 13.0 Å². The molecule has 211 valence electrons. The number of aliphatic hydroxyl groups is 1. The van der Waals surface area contributed by atoms with E-state index in [2.05, 4.69) is 99.6 Å². The second-order valence-electron chi connectivity index (χ2n) is 12.3. The summed E-state index contributed by atoms with van der Waals surface area (Å²) in [6.07, 6.45) is 3.14. The van der Waals surface area contributed by atoms with Crippen LogP contribution in [0.4, 0.5) is 0 Å². The van der Waals surface area contributed by atoms with E-state index in [1.54, 1.807) is 4.40 Å². The van der Waals surface area contributed by atoms with Crippen molar-refractivity contribution in [1.82, 2.24) is 4.98 Å². The third-order valence-corrected chi connectivity index (χ3v) is 12.8. The van der Waals surface area contributed by atoms with Crippen LogP contribution >= 0.6 is 11.3 Å². The van der Waals surface area contributed by atoms with Gasteiger partial charge >= 0.3 is 198 Å². The quantitative estimate of drug-likeness (QED) is 0.0859. The summed E-state index contributed by atoms with van der Waals surface area (Å²) in [5, 5.41) is 13.4. The average molecular weight is 790 g/mol. The Morgan fingerprint density at radius 3 is 2.27 bits per heavy atom. The van der Waals surface area contributed by atoms with E-state index in [-0.39, 0.29) is 37.1 Å². The standard InChI is InChI=1S/C29H30GeNS.C5H8O2.Ir/c1-18-12-13-22-25-24(32-28(22)26(18)30(5,6)7)14-15-31-27(25)20-16-19-10-8-9-11-21(19)23(17-20)29(2,3)4;1-4(6)3-5(2)7;/h8-15,17H,1-7H3;3,6H,1-2H3;/q-1;;/b;4-3-;. The van der Waals surface area contributed by atoms with E-state index in [4.69, 9.17) is 10.1 Å². The van der Waals surface area contributed by atoms with Gasteiger partial charge in [-0.05, 0) is 13.8 Å². The van der Waals surface area contributed by atoms with Crippen molar-refractivity contribution < 1.29 is 30.0 Å². The Kier molecular flexibility index (Phi) is 9.89. The fourth-order valence-corrected chi connectivity index (χ4v) is 12.8. The monoisotopic (exact) mass is 791 g/mol. The van der Waals surface area contributed by atoms with Crippen molar-refractivity contribution in [2.24, 2.45) is 0 Å². The van der Waals surface area contributed by atoms with Crippen molar-refractivity contribution in [3.63, 3.8) is 0 Å². The van der Waals surface area contributed by atoms with Crippen LogP contribution in [0.25, 0.3) is 42.2 Å². The minimum absolute atomic E-state index is 0.